The molecule has 0 aromatic rings. The van der Waals surface area contributed by atoms with Crippen LogP contribution in [-0.4, -0.2) is 35.5 Å². The van der Waals surface area contributed by atoms with Gasteiger partial charge in [-0.2, -0.15) is 0 Å². The zero-order valence-corrected chi connectivity index (χ0v) is 9.38. The third kappa shape index (κ3) is 3.37. The molecule has 0 radical (unpaired) electrons. The first-order chi connectivity index (χ1) is 5.17. The number of hydrogen-bond acceptors (Lipinski definition) is 2. The van der Waals surface area contributed by atoms with Crippen molar-refractivity contribution in [1.29, 1.82) is 0 Å². The molecule has 0 saturated carbocycles. The maximum Gasteiger partial charge on any atom is 0.237 e. The number of halogens is 1. The maximum atomic E-state index is 11.2. The standard InChI is InChI=1S/C7H15IN2O/c1-4-6(7(11)9-2)10(3)5-8/h6H,4-5H2,1-3H3,(H,9,11). The molecule has 0 rings (SSSR count). The van der Waals surface area contributed by atoms with E-state index in [1.165, 1.54) is 0 Å². The number of nitrogens with one attached hydrogen (secondary N) is 1. The Morgan fingerprint density at radius 2 is 2.27 bits per heavy atom. The first kappa shape index (κ1) is 11.2. The van der Waals surface area contributed by atoms with Gasteiger partial charge in [-0.1, -0.05) is 29.5 Å². The highest BCUT2D eigenvalue weighted by Gasteiger charge is 2.18. The Morgan fingerprint density at radius 3 is 2.55 bits per heavy atom. The lowest BCUT2D eigenvalue weighted by atomic mass is 10.2. The highest BCUT2D eigenvalue weighted by molar-refractivity contribution is 14.1. The Hall–Kier alpha value is 0.160. The lowest BCUT2D eigenvalue weighted by Crippen LogP contribution is -2.42. The quantitative estimate of drug-likeness (QED) is 0.466. The molecule has 11 heavy (non-hydrogen) atoms. The summed E-state index contributed by atoms with van der Waals surface area (Å²) >= 11 is 2.25. The molecule has 0 fully saturated rings. The van der Waals surface area contributed by atoms with Crippen molar-refractivity contribution in [2.75, 3.05) is 18.6 Å². The Bertz CT molecular complexity index is 130. The van der Waals surface area contributed by atoms with Crippen molar-refractivity contribution in [3.05, 3.63) is 0 Å². The van der Waals surface area contributed by atoms with Crippen LogP contribution in [0.1, 0.15) is 13.3 Å². The molecule has 0 bridgehead atoms. The minimum Gasteiger partial charge on any atom is -0.358 e. The number of amides is 1. The number of rotatable bonds is 4. The van der Waals surface area contributed by atoms with Crippen molar-refractivity contribution in [2.45, 2.75) is 19.4 Å². The Balaban J connectivity index is 4.03. The number of alkyl halides is 1. The molecule has 3 nitrogen and oxygen atoms in total. The van der Waals surface area contributed by atoms with E-state index in [9.17, 15) is 4.79 Å². The lowest BCUT2D eigenvalue weighted by molar-refractivity contribution is -0.125. The molecule has 0 aliphatic heterocycles. The van der Waals surface area contributed by atoms with Crippen LogP contribution in [0, 0.1) is 0 Å². The van der Waals surface area contributed by atoms with E-state index in [-0.39, 0.29) is 11.9 Å². The summed E-state index contributed by atoms with van der Waals surface area (Å²) in [6.45, 7) is 2.02. The molecule has 0 spiro atoms. The lowest BCUT2D eigenvalue weighted by Gasteiger charge is -2.22. The Morgan fingerprint density at radius 1 is 1.73 bits per heavy atom. The fraction of sp³-hybridized carbons (Fsp3) is 0.857. The van der Waals surface area contributed by atoms with Crippen LogP contribution >= 0.6 is 22.6 Å². The number of likely N-dealkylation sites (N-methyl/N-ethyl adjacent to an activating group) is 2. The van der Waals surface area contributed by atoms with Gasteiger partial charge in [-0.15, -0.1) is 0 Å². The third-order valence-electron chi connectivity index (χ3n) is 1.66. The molecule has 1 N–H and O–H groups in total. The third-order valence-corrected chi connectivity index (χ3v) is 2.73. The van der Waals surface area contributed by atoms with Gasteiger partial charge in [0.05, 0.1) is 10.6 Å². The molecule has 0 heterocycles. The minimum absolute atomic E-state index is 0.0249. The molecular formula is C7H15IN2O. The van der Waals surface area contributed by atoms with Crippen molar-refractivity contribution < 1.29 is 4.79 Å². The second-order valence-corrected chi connectivity index (χ2v) is 3.10. The van der Waals surface area contributed by atoms with Crippen LogP contribution < -0.4 is 5.32 Å². The highest BCUT2D eigenvalue weighted by atomic mass is 127. The molecule has 0 aromatic heterocycles. The SMILES string of the molecule is CCC(C(=O)NC)N(C)CI. The summed E-state index contributed by atoms with van der Waals surface area (Å²) in [5.41, 5.74) is 0. The molecule has 66 valence electrons. The molecule has 0 aliphatic rings. The van der Waals surface area contributed by atoms with Crippen LogP contribution in [0.2, 0.25) is 0 Å². The van der Waals surface area contributed by atoms with E-state index in [4.69, 9.17) is 0 Å². The predicted molar refractivity (Wildman–Crippen MR) is 54.8 cm³/mol. The van der Waals surface area contributed by atoms with Crippen LogP contribution in [0.25, 0.3) is 0 Å². The molecule has 1 unspecified atom stereocenters. The second-order valence-electron chi connectivity index (χ2n) is 2.41. The summed E-state index contributed by atoms with van der Waals surface area (Å²) < 4.78 is 0.879. The van der Waals surface area contributed by atoms with Crippen molar-refractivity contribution in [1.82, 2.24) is 10.2 Å². The highest BCUT2D eigenvalue weighted by Crippen LogP contribution is 2.03. The van der Waals surface area contributed by atoms with Gasteiger partial charge in [-0.3, -0.25) is 9.69 Å². The van der Waals surface area contributed by atoms with E-state index in [1.807, 2.05) is 18.9 Å². The average molecular weight is 270 g/mol. The Kier molecular flexibility index (Phi) is 5.85. The summed E-state index contributed by atoms with van der Waals surface area (Å²) in [4.78, 5) is 13.2. The summed E-state index contributed by atoms with van der Waals surface area (Å²) in [7, 11) is 3.63. The average Bonchev–Trinajstić information content (AvgIpc) is 2.05. The van der Waals surface area contributed by atoms with Crippen LogP contribution in [0.4, 0.5) is 0 Å². The molecule has 4 heteroatoms. The van der Waals surface area contributed by atoms with Crippen molar-refractivity contribution in [3.63, 3.8) is 0 Å². The van der Waals surface area contributed by atoms with E-state index in [0.717, 1.165) is 11.0 Å². The van der Waals surface area contributed by atoms with E-state index in [0.29, 0.717) is 0 Å². The first-order valence-electron chi connectivity index (χ1n) is 3.65. The molecule has 1 amide bonds. The van der Waals surface area contributed by atoms with Gasteiger partial charge in [-0.25, -0.2) is 0 Å². The van der Waals surface area contributed by atoms with Crippen LogP contribution in [0.3, 0.4) is 0 Å². The van der Waals surface area contributed by atoms with Gasteiger partial charge in [0.2, 0.25) is 5.91 Å². The number of carbonyl (C=O) groups is 1. The topological polar surface area (TPSA) is 32.3 Å². The van der Waals surface area contributed by atoms with Crippen molar-refractivity contribution in [3.8, 4) is 0 Å². The molecule has 1 atom stereocenters. The summed E-state index contributed by atoms with van der Waals surface area (Å²) in [5.74, 6) is 0.103. The van der Waals surface area contributed by atoms with Gasteiger partial charge in [0.25, 0.3) is 0 Å². The van der Waals surface area contributed by atoms with Gasteiger partial charge in [0.15, 0.2) is 0 Å². The van der Waals surface area contributed by atoms with E-state index < -0.39 is 0 Å². The normalized spacial score (nSPS) is 13.2. The molecule has 0 aromatic carbocycles. The Labute approximate surface area is 81.7 Å². The monoisotopic (exact) mass is 270 g/mol. The minimum atomic E-state index is 0.0249. The fourth-order valence-corrected chi connectivity index (χ4v) is 1.42. The van der Waals surface area contributed by atoms with Crippen LogP contribution in [-0.2, 0) is 4.79 Å². The molecule has 0 aliphatic carbocycles. The van der Waals surface area contributed by atoms with Crippen molar-refractivity contribution >= 4 is 28.5 Å². The summed E-state index contributed by atoms with van der Waals surface area (Å²) in [6.07, 6.45) is 0.860. The zero-order valence-electron chi connectivity index (χ0n) is 7.22. The largest absolute Gasteiger partial charge is 0.358 e. The van der Waals surface area contributed by atoms with E-state index in [2.05, 4.69) is 27.9 Å². The second kappa shape index (κ2) is 5.77. The molecule has 0 saturated heterocycles. The molecular weight excluding hydrogens is 255 g/mol. The van der Waals surface area contributed by atoms with E-state index in [1.54, 1.807) is 7.05 Å². The fourth-order valence-electron chi connectivity index (χ4n) is 0.947. The van der Waals surface area contributed by atoms with Crippen molar-refractivity contribution in [2.24, 2.45) is 0 Å². The van der Waals surface area contributed by atoms with Crippen LogP contribution in [0.5, 0.6) is 0 Å². The van der Waals surface area contributed by atoms with Crippen LogP contribution in [0.15, 0.2) is 0 Å². The number of hydrogen-bond donors (Lipinski definition) is 1. The maximum absolute atomic E-state index is 11.2. The van der Waals surface area contributed by atoms with Gasteiger partial charge in [-0.05, 0) is 13.5 Å². The van der Waals surface area contributed by atoms with Gasteiger partial charge < -0.3 is 5.32 Å². The van der Waals surface area contributed by atoms with Gasteiger partial charge >= 0.3 is 0 Å². The zero-order chi connectivity index (χ0) is 8.85. The summed E-state index contributed by atoms with van der Waals surface area (Å²) in [5, 5.41) is 2.65. The first-order valence-corrected chi connectivity index (χ1v) is 5.17. The number of nitrogens with zero attached hydrogens (tertiary/aromatic N) is 1. The van der Waals surface area contributed by atoms with E-state index >= 15 is 0 Å². The summed E-state index contributed by atoms with van der Waals surface area (Å²) in [6, 6.07) is 0.0249. The number of carbonyl (C=O) groups excluding carboxylic acids is 1. The van der Waals surface area contributed by atoms with Gasteiger partial charge in [0.1, 0.15) is 0 Å². The predicted octanol–water partition coefficient (Wildman–Crippen LogP) is 0.835. The van der Waals surface area contributed by atoms with Gasteiger partial charge in [0, 0.05) is 7.05 Å². The smallest absolute Gasteiger partial charge is 0.237 e.